The van der Waals surface area contributed by atoms with Crippen LogP contribution in [0.15, 0.2) is 78.9 Å². The number of hydrogen-bond donors (Lipinski definition) is 0. The number of methoxy groups -OCH3 is 1. The van der Waals surface area contributed by atoms with Crippen LogP contribution in [0.1, 0.15) is 110 Å². The fraction of sp³-hybridized carbons (Fsp3) is 0.405. The average Bonchev–Trinajstić information content (AvgIpc) is 3.03. The van der Waals surface area contributed by atoms with Gasteiger partial charge in [0.15, 0.2) is 5.78 Å². The number of ketones is 1. The van der Waals surface area contributed by atoms with Crippen LogP contribution >= 0.6 is 0 Å². The molecule has 5 heteroatoms. The van der Waals surface area contributed by atoms with Gasteiger partial charge in [-0.3, -0.25) is 4.79 Å². The second-order valence-corrected chi connectivity index (χ2v) is 10.6. The molecule has 0 unspecified atom stereocenters. The van der Waals surface area contributed by atoms with Gasteiger partial charge >= 0.3 is 5.97 Å². The SMILES string of the molecule is CCCCCCCCCCCCCCOc1ccc(C(=O)Oc2ccc(/C=C/C(=O)c3ccc(OC)cc3)cc2)cc1. The number of allylic oxidation sites excluding steroid dienone is 1. The summed E-state index contributed by atoms with van der Waals surface area (Å²) >= 11 is 0. The Morgan fingerprint density at radius 2 is 1.10 bits per heavy atom. The summed E-state index contributed by atoms with van der Waals surface area (Å²) in [6.07, 6.45) is 19.1. The van der Waals surface area contributed by atoms with Gasteiger partial charge in [0.2, 0.25) is 0 Å². The number of carbonyl (C=O) groups excluding carboxylic acids is 2. The molecule has 0 saturated heterocycles. The zero-order valence-corrected chi connectivity index (χ0v) is 25.3. The first-order valence-corrected chi connectivity index (χ1v) is 15.5. The van der Waals surface area contributed by atoms with Crippen molar-refractivity contribution in [1.29, 1.82) is 0 Å². The van der Waals surface area contributed by atoms with Crippen LogP contribution in [-0.4, -0.2) is 25.5 Å². The third kappa shape index (κ3) is 12.3. The summed E-state index contributed by atoms with van der Waals surface area (Å²) in [7, 11) is 1.59. The lowest BCUT2D eigenvalue weighted by Gasteiger charge is -2.08. The second kappa shape index (κ2) is 19.3. The Morgan fingerprint density at radius 3 is 1.67 bits per heavy atom. The fourth-order valence-corrected chi connectivity index (χ4v) is 4.66. The summed E-state index contributed by atoms with van der Waals surface area (Å²) in [5.74, 6) is 1.37. The molecule has 3 aromatic rings. The van der Waals surface area contributed by atoms with Crippen molar-refractivity contribution in [3.8, 4) is 17.2 Å². The molecule has 0 saturated carbocycles. The van der Waals surface area contributed by atoms with Crippen molar-refractivity contribution in [3.05, 3.63) is 95.6 Å². The Kier molecular flexibility index (Phi) is 15.0. The Labute approximate surface area is 251 Å². The van der Waals surface area contributed by atoms with Crippen molar-refractivity contribution in [2.45, 2.75) is 84.0 Å². The summed E-state index contributed by atoms with van der Waals surface area (Å²) in [4.78, 5) is 25.0. The molecule has 224 valence electrons. The number of rotatable bonds is 20. The van der Waals surface area contributed by atoms with E-state index in [4.69, 9.17) is 14.2 Å². The third-order valence-electron chi connectivity index (χ3n) is 7.25. The Hall–Kier alpha value is -3.86. The number of benzene rings is 3. The topological polar surface area (TPSA) is 61.8 Å². The number of ether oxygens (including phenoxy) is 3. The van der Waals surface area contributed by atoms with E-state index in [0.717, 1.165) is 17.7 Å². The monoisotopic (exact) mass is 570 g/mol. The largest absolute Gasteiger partial charge is 0.497 e. The van der Waals surface area contributed by atoms with Crippen LogP contribution < -0.4 is 14.2 Å². The lowest BCUT2D eigenvalue weighted by molar-refractivity contribution is 0.0734. The van der Waals surface area contributed by atoms with Gasteiger partial charge in [0.25, 0.3) is 0 Å². The maximum Gasteiger partial charge on any atom is 0.343 e. The minimum absolute atomic E-state index is 0.102. The lowest BCUT2D eigenvalue weighted by atomic mass is 10.1. The van der Waals surface area contributed by atoms with Gasteiger partial charge in [-0.2, -0.15) is 0 Å². The highest BCUT2D eigenvalue weighted by Gasteiger charge is 2.09. The van der Waals surface area contributed by atoms with Gasteiger partial charge in [-0.1, -0.05) is 95.8 Å². The number of unbranched alkanes of at least 4 members (excludes halogenated alkanes) is 11. The van der Waals surface area contributed by atoms with Crippen molar-refractivity contribution in [1.82, 2.24) is 0 Å². The predicted molar refractivity (Wildman–Crippen MR) is 171 cm³/mol. The van der Waals surface area contributed by atoms with Gasteiger partial charge in [-0.25, -0.2) is 4.79 Å². The fourth-order valence-electron chi connectivity index (χ4n) is 4.66. The number of hydrogen-bond acceptors (Lipinski definition) is 5. The maximum absolute atomic E-state index is 12.6. The van der Waals surface area contributed by atoms with Crippen molar-refractivity contribution in [3.63, 3.8) is 0 Å². The molecule has 0 aliphatic heterocycles. The molecule has 42 heavy (non-hydrogen) atoms. The predicted octanol–water partition coefficient (Wildman–Crippen LogP) is 9.89. The van der Waals surface area contributed by atoms with Crippen LogP contribution in [0, 0.1) is 0 Å². The highest BCUT2D eigenvalue weighted by atomic mass is 16.5. The maximum atomic E-state index is 12.6. The molecule has 3 aromatic carbocycles. The molecule has 3 rings (SSSR count). The summed E-state index contributed by atoms with van der Waals surface area (Å²) in [5, 5.41) is 0. The molecule has 0 bridgehead atoms. The van der Waals surface area contributed by atoms with Crippen LogP contribution in [0.5, 0.6) is 17.2 Å². The van der Waals surface area contributed by atoms with Crippen LogP contribution in [-0.2, 0) is 0 Å². The molecule has 0 fully saturated rings. The smallest absolute Gasteiger partial charge is 0.343 e. The van der Waals surface area contributed by atoms with E-state index in [9.17, 15) is 9.59 Å². The van der Waals surface area contributed by atoms with Crippen LogP contribution in [0.2, 0.25) is 0 Å². The summed E-state index contributed by atoms with van der Waals surface area (Å²) in [5.41, 5.74) is 1.87. The summed E-state index contributed by atoms with van der Waals surface area (Å²) in [6.45, 7) is 2.95. The molecule has 0 aliphatic rings. The van der Waals surface area contributed by atoms with Crippen LogP contribution in [0.3, 0.4) is 0 Å². The molecule has 0 atom stereocenters. The second-order valence-electron chi connectivity index (χ2n) is 10.6. The molecular weight excluding hydrogens is 524 g/mol. The zero-order chi connectivity index (χ0) is 29.8. The van der Waals surface area contributed by atoms with Gasteiger partial charge in [0.05, 0.1) is 19.3 Å². The molecule has 0 amide bonds. The van der Waals surface area contributed by atoms with E-state index < -0.39 is 5.97 Å². The van der Waals surface area contributed by atoms with Gasteiger partial charge in [-0.15, -0.1) is 0 Å². The molecular formula is C37H46O5. The normalized spacial score (nSPS) is 11.0. The van der Waals surface area contributed by atoms with Crippen LogP contribution in [0.4, 0.5) is 0 Å². The number of esters is 1. The van der Waals surface area contributed by atoms with E-state index >= 15 is 0 Å². The lowest BCUT2D eigenvalue weighted by Crippen LogP contribution is -2.08. The molecule has 5 nitrogen and oxygen atoms in total. The van der Waals surface area contributed by atoms with E-state index in [1.807, 2.05) is 12.1 Å². The third-order valence-corrected chi connectivity index (χ3v) is 7.25. The molecule has 0 aliphatic carbocycles. The van der Waals surface area contributed by atoms with Crippen molar-refractivity contribution in [2.24, 2.45) is 0 Å². The number of carbonyl (C=O) groups is 2. The van der Waals surface area contributed by atoms with Crippen molar-refractivity contribution >= 4 is 17.8 Å². The van der Waals surface area contributed by atoms with Crippen molar-refractivity contribution in [2.75, 3.05) is 13.7 Å². The highest BCUT2D eigenvalue weighted by Crippen LogP contribution is 2.19. The van der Waals surface area contributed by atoms with Crippen LogP contribution in [0.25, 0.3) is 6.08 Å². The van der Waals surface area contributed by atoms with Gasteiger partial charge in [0.1, 0.15) is 17.2 Å². The highest BCUT2D eigenvalue weighted by molar-refractivity contribution is 6.06. The van der Waals surface area contributed by atoms with Gasteiger partial charge in [-0.05, 0) is 78.7 Å². The van der Waals surface area contributed by atoms with E-state index in [1.54, 1.807) is 73.8 Å². The minimum Gasteiger partial charge on any atom is -0.497 e. The Balaban J connectivity index is 1.30. The molecule has 0 radical (unpaired) electrons. The summed E-state index contributed by atoms with van der Waals surface area (Å²) < 4.78 is 16.5. The first-order valence-electron chi connectivity index (χ1n) is 15.5. The van der Waals surface area contributed by atoms with Gasteiger partial charge in [0, 0.05) is 5.56 Å². The van der Waals surface area contributed by atoms with E-state index in [-0.39, 0.29) is 5.78 Å². The average molecular weight is 571 g/mol. The minimum atomic E-state index is -0.430. The quantitative estimate of drug-likeness (QED) is 0.0445. The first-order chi connectivity index (χ1) is 20.6. The zero-order valence-electron chi connectivity index (χ0n) is 25.3. The Bertz CT molecular complexity index is 1210. The van der Waals surface area contributed by atoms with E-state index in [1.165, 1.54) is 76.7 Å². The molecule has 0 spiro atoms. The molecule has 0 heterocycles. The molecule has 0 aromatic heterocycles. The first kappa shape index (κ1) is 32.7. The summed E-state index contributed by atoms with van der Waals surface area (Å²) in [6, 6.07) is 21.1. The molecule has 0 N–H and O–H groups in total. The van der Waals surface area contributed by atoms with E-state index in [0.29, 0.717) is 29.2 Å². The Morgan fingerprint density at radius 1 is 0.595 bits per heavy atom. The van der Waals surface area contributed by atoms with Gasteiger partial charge < -0.3 is 14.2 Å². The van der Waals surface area contributed by atoms with E-state index in [2.05, 4.69) is 6.92 Å². The standard InChI is InChI=1S/C37H46O5/c1-3-4-5-6-7-8-9-10-11-12-13-14-29-41-34-26-20-32(21-27-34)37(39)42-35-22-15-30(16-23-35)17-28-36(38)31-18-24-33(40-2)25-19-31/h15-28H,3-14,29H2,1-2H3/b28-17+. The van der Waals surface area contributed by atoms with Crippen molar-refractivity contribution < 1.29 is 23.8 Å².